The topological polar surface area (TPSA) is 39.9 Å². The van der Waals surface area contributed by atoms with Crippen LogP contribution < -0.4 is 4.74 Å². The van der Waals surface area contributed by atoms with Crippen molar-refractivity contribution in [3.05, 3.63) is 35.9 Å². The van der Waals surface area contributed by atoms with E-state index in [1.54, 1.807) is 11.8 Å². The monoisotopic (exact) mass is 277 g/mol. The number of thioether (sulfide) groups is 1. The molecule has 5 heteroatoms. The van der Waals surface area contributed by atoms with Crippen LogP contribution in [0.3, 0.4) is 0 Å². The van der Waals surface area contributed by atoms with Crippen molar-refractivity contribution >= 4 is 11.8 Å². The van der Waals surface area contributed by atoms with Crippen LogP contribution in [0.1, 0.15) is 25.5 Å². The lowest BCUT2D eigenvalue weighted by Gasteiger charge is -2.11. The number of hydrogen-bond donors (Lipinski definition) is 0. The van der Waals surface area contributed by atoms with E-state index < -0.39 is 0 Å². The van der Waals surface area contributed by atoms with Gasteiger partial charge in [0.2, 0.25) is 0 Å². The van der Waals surface area contributed by atoms with Crippen molar-refractivity contribution in [2.45, 2.75) is 38.8 Å². The van der Waals surface area contributed by atoms with Gasteiger partial charge in [-0.25, -0.2) is 0 Å². The summed E-state index contributed by atoms with van der Waals surface area (Å²) in [5.41, 5.74) is 0. The number of ether oxygens (including phenoxy) is 1. The molecule has 0 bridgehead atoms. The Kier molecular flexibility index (Phi) is 4.85. The zero-order chi connectivity index (χ0) is 13.7. The summed E-state index contributed by atoms with van der Waals surface area (Å²) in [5, 5.41) is 8.24. The summed E-state index contributed by atoms with van der Waals surface area (Å²) in [6, 6.07) is 8.10. The smallest absolute Gasteiger partial charge is 0.171 e. The molecular formula is C14H19N3OS. The molecule has 0 saturated carbocycles. The summed E-state index contributed by atoms with van der Waals surface area (Å²) in [6.07, 6.45) is 0. The van der Waals surface area contributed by atoms with E-state index in [0.29, 0.717) is 6.61 Å². The first-order chi connectivity index (χ1) is 9.26. The third-order valence-electron chi connectivity index (χ3n) is 2.83. The van der Waals surface area contributed by atoms with Crippen molar-refractivity contribution in [3.63, 3.8) is 0 Å². The van der Waals surface area contributed by atoms with Crippen molar-refractivity contribution in [1.29, 1.82) is 0 Å². The maximum absolute atomic E-state index is 5.89. The Bertz CT molecular complexity index is 539. The molecule has 1 aromatic heterocycles. The highest BCUT2D eigenvalue weighted by Crippen LogP contribution is 2.29. The minimum atomic E-state index is 0.454. The summed E-state index contributed by atoms with van der Waals surface area (Å²) < 4.78 is 7.95. The fourth-order valence-corrected chi connectivity index (χ4v) is 2.68. The molecule has 0 fully saturated rings. The van der Waals surface area contributed by atoms with Gasteiger partial charge >= 0.3 is 0 Å². The predicted octanol–water partition coefficient (Wildman–Crippen LogP) is 3.30. The molecule has 0 aliphatic heterocycles. The molecule has 0 spiro atoms. The fraction of sp³-hybridized carbons (Fsp3) is 0.429. The van der Waals surface area contributed by atoms with Gasteiger partial charge in [-0.1, -0.05) is 19.1 Å². The van der Waals surface area contributed by atoms with Gasteiger partial charge in [0.1, 0.15) is 18.2 Å². The molecule has 0 atom stereocenters. The van der Waals surface area contributed by atoms with Crippen LogP contribution in [0.25, 0.3) is 0 Å². The molecule has 2 aromatic rings. The van der Waals surface area contributed by atoms with Gasteiger partial charge in [0.05, 0.1) is 0 Å². The fourth-order valence-electron chi connectivity index (χ4n) is 1.93. The molecule has 0 amide bonds. The molecule has 1 aromatic carbocycles. The van der Waals surface area contributed by atoms with E-state index in [9.17, 15) is 0 Å². The second-order valence-corrected chi connectivity index (χ2v) is 5.38. The van der Waals surface area contributed by atoms with E-state index in [-0.39, 0.29) is 0 Å². The van der Waals surface area contributed by atoms with Crippen molar-refractivity contribution in [2.75, 3.05) is 5.75 Å². The standard InChI is InChI=1S/C14H19N3OS/c1-4-17-11(3)15-16-14(17)10-18-12-8-6-7-9-13(12)19-5-2/h6-9H,4-5,10H2,1-3H3. The average molecular weight is 277 g/mol. The van der Waals surface area contributed by atoms with Gasteiger partial charge in [-0.3, -0.25) is 0 Å². The molecule has 0 unspecified atom stereocenters. The van der Waals surface area contributed by atoms with Crippen LogP contribution in [0.4, 0.5) is 0 Å². The van der Waals surface area contributed by atoms with Gasteiger partial charge in [0.15, 0.2) is 5.82 Å². The largest absolute Gasteiger partial charge is 0.484 e. The maximum atomic E-state index is 5.89. The Morgan fingerprint density at radius 1 is 1.21 bits per heavy atom. The van der Waals surface area contributed by atoms with Crippen LogP contribution in [0.15, 0.2) is 29.2 Å². The zero-order valence-electron chi connectivity index (χ0n) is 11.6. The summed E-state index contributed by atoms with van der Waals surface area (Å²) in [6.45, 7) is 7.50. The highest BCUT2D eigenvalue weighted by atomic mass is 32.2. The lowest BCUT2D eigenvalue weighted by atomic mass is 10.3. The second kappa shape index (κ2) is 6.61. The minimum absolute atomic E-state index is 0.454. The van der Waals surface area contributed by atoms with Crippen LogP contribution in [0.5, 0.6) is 5.75 Å². The number of benzene rings is 1. The van der Waals surface area contributed by atoms with E-state index in [1.165, 1.54) is 4.90 Å². The lowest BCUT2D eigenvalue weighted by molar-refractivity contribution is 0.282. The molecule has 0 saturated heterocycles. The summed E-state index contributed by atoms with van der Waals surface area (Å²) in [4.78, 5) is 1.17. The number of aryl methyl sites for hydroxylation is 1. The number of nitrogens with zero attached hydrogens (tertiary/aromatic N) is 3. The van der Waals surface area contributed by atoms with Crippen LogP contribution in [-0.2, 0) is 13.2 Å². The Labute approximate surface area is 118 Å². The third-order valence-corrected chi connectivity index (χ3v) is 3.77. The van der Waals surface area contributed by atoms with Gasteiger partial charge in [-0.05, 0) is 31.7 Å². The number of hydrogen-bond acceptors (Lipinski definition) is 4. The Balaban J connectivity index is 2.10. The summed E-state index contributed by atoms with van der Waals surface area (Å²) in [5.74, 6) is 3.75. The lowest BCUT2D eigenvalue weighted by Crippen LogP contribution is -2.07. The second-order valence-electron chi connectivity index (χ2n) is 4.08. The maximum Gasteiger partial charge on any atom is 0.171 e. The SMILES string of the molecule is CCSc1ccccc1OCc1nnc(C)n1CC. The first-order valence-corrected chi connectivity index (χ1v) is 7.48. The van der Waals surface area contributed by atoms with E-state index >= 15 is 0 Å². The molecular weight excluding hydrogens is 258 g/mol. The number of rotatable bonds is 6. The molecule has 0 aliphatic rings. The van der Waals surface area contributed by atoms with Crippen LogP contribution in [-0.4, -0.2) is 20.5 Å². The molecule has 4 nitrogen and oxygen atoms in total. The van der Waals surface area contributed by atoms with E-state index in [2.05, 4.69) is 34.7 Å². The molecule has 1 heterocycles. The number of para-hydroxylation sites is 1. The molecule has 102 valence electrons. The molecule has 0 radical (unpaired) electrons. The predicted molar refractivity (Wildman–Crippen MR) is 77.6 cm³/mol. The summed E-state index contributed by atoms with van der Waals surface area (Å²) >= 11 is 1.78. The molecule has 0 aliphatic carbocycles. The van der Waals surface area contributed by atoms with Gasteiger partial charge in [0, 0.05) is 11.4 Å². The Morgan fingerprint density at radius 3 is 2.74 bits per heavy atom. The molecule has 2 rings (SSSR count). The van der Waals surface area contributed by atoms with Gasteiger partial charge in [-0.2, -0.15) is 0 Å². The van der Waals surface area contributed by atoms with Crippen LogP contribution in [0.2, 0.25) is 0 Å². The van der Waals surface area contributed by atoms with E-state index in [0.717, 1.165) is 29.7 Å². The third kappa shape index (κ3) is 3.29. The van der Waals surface area contributed by atoms with Crippen LogP contribution >= 0.6 is 11.8 Å². The average Bonchev–Trinajstić information content (AvgIpc) is 2.78. The Morgan fingerprint density at radius 2 is 2.00 bits per heavy atom. The highest BCUT2D eigenvalue weighted by molar-refractivity contribution is 7.99. The number of aromatic nitrogens is 3. The molecule has 0 N–H and O–H groups in total. The van der Waals surface area contributed by atoms with Crippen molar-refractivity contribution in [2.24, 2.45) is 0 Å². The van der Waals surface area contributed by atoms with Crippen molar-refractivity contribution < 1.29 is 4.74 Å². The first-order valence-electron chi connectivity index (χ1n) is 6.49. The van der Waals surface area contributed by atoms with Crippen molar-refractivity contribution in [3.8, 4) is 5.75 Å². The van der Waals surface area contributed by atoms with Crippen LogP contribution in [0, 0.1) is 6.92 Å². The normalized spacial score (nSPS) is 10.7. The van der Waals surface area contributed by atoms with E-state index in [1.807, 2.05) is 25.1 Å². The first kappa shape index (κ1) is 13.9. The van der Waals surface area contributed by atoms with Crippen molar-refractivity contribution in [1.82, 2.24) is 14.8 Å². The Hall–Kier alpha value is -1.49. The highest BCUT2D eigenvalue weighted by Gasteiger charge is 2.09. The van der Waals surface area contributed by atoms with Gasteiger partial charge < -0.3 is 9.30 Å². The van der Waals surface area contributed by atoms with Gasteiger partial charge in [-0.15, -0.1) is 22.0 Å². The quantitative estimate of drug-likeness (QED) is 0.760. The zero-order valence-corrected chi connectivity index (χ0v) is 12.4. The summed E-state index contributed by atoms with van der Waals surface area (Å²) in [7, 11) is 0. The molecule has 19 heavy (non-hydrogen) atoms. The minimum Gasteiger partial charge on any atom is -0.484 e. The van der Waals surface area contributed by atoms with Gasteiger partial charge in [0.25, 0.3) is 0 Å². The van der Waals surface area contributed by atoms with E-state index in [4.69, 9.17) is 4.74 Å².